The molecule has 1 heterocycles. The van der Waals surface area contributed by atoms with E-state index in [1.54, 1.807) is 6.92 Å². The van der Waals surface area contributed by atoms with Gasteiger partial charge in [-0.05, 0) is 82.0 Å². The maximum Gasteiger partial charge on any atom is 0.309 e. The lowest BCUT2D eigenvalue weighted by molar-refractivity contribution is -0.193. The van der Waals surface area contributed by atoms with Crippen molar-refractivity contribution in [3.05, 3.63) is 18.0 Å². The average Bonchev–Trinajstić information content (AvgIpc) is 3.62. The summed E-state index contributed by atoms with van der Waals surface area (Å²) >= 11 is 0. The molecule has 35 heavy (non-hydrogen) atoms. The number of rotatable bonds is 11. The lowest BCUT2D eigenvalue weighted by Gasteiger charge is -2.59. The summed E-state index contributed by atoms with van der Waals surface area (Å²) in [6.07, 6.45) is 10.9. The molecule has 3 atom stereocenters. The highest BCUT2D eigenvalue weighted by atomic mass is 16.6. The van der Waals surface area contributed by atoms with Crippen molar-refractivity contribution in [3.8, 4) is 11.5 Å². The topological polar surface area (TPSA) is 95.0 Å². The Balaban J connectivity index is 1.25. The first kappa shape index (κ1) is 24.5. The fourth-order valence-electron chi connectivity index (χ4n) is 7.48. The standard InChI is InChI=1S/C28H39NO6/c1-16(8-22(30)24-25(31)23(33-3)6-7-29-24)27(32)35-17(2)26(34-15-18-4-5-18)28-12-19-9-20(13-28)11-21(10-19)14-28/h6-7,16-21,26,31H,4-5,8-15H2,1-3H3/t16-,17+,19?,20?,21?,26-,28?/m1/s1. The van der Waals surface area contributed by atoms with Gasteiger partial charge in [-0.25, -0.2) is 4.98 Å². The maximum absolute atomic E-state index is 13.1. The third-order valence-corrected chi connectivity index (χ3v) is 8.89. The number of ether oxygens (including phenoxy) is 3. The fraction of sp³-hybridized carbons (Fsp3) is 0.750. The third-order valence-electron chi connectivity index (χ3n) is 8.89. The summed E-state index contributed by atoms with van der Waals surface area (Å²) in [7, 11) is 1.41. The van der Waals surface area contributed by atoms with Gasteiger partial charge in [-0.15, -0.1) is 0 Å². The second-order valence-corrected chi connectivity index (χ2v) is 11.9. The van der Waals surface area contributed by atoms with Crippen LogP contribution in [-0.4, -0.2) is 47.8 Å². The van der Waals surface area contributed by atoms with Gasteiger partial charge >= 0.3 is 5.97 Å². The molecule has 1 aromatic heterocycles. The van der Waals surface area contributed by atoms with Crippen LogP contribution in [0.4, 0.5) is 0 Å². The number of hydrogen-bond donors (Lipinski definition) is 1. The van der Waals surface area contributed by atoms with Gasteiger partial charge < -0.3 is 19.3 Å². The number of ketones is 1. The Bertz CT molecular complexity index is 921. The molecule has 7 heteroatoms. The predicted molar refractivity (Wildman–Crippen MR) is 129 cm³/mol. The van der Waals surface area contributed by atoms with E-state index in [0.29, 0.717) is 5.92 Å². The van der Waals surface area contributed by atoms with Crippen molar-refractivity contribution in [2.45, 2.75) is 83.8 Å². The monoisotopic (exact) mass is 485 g/mol. The Kier molecular flexibility index (Phi) is 6.81. The summed E-state index contributed by atoms with van der Waals surface area (Å²) in [4.78, 5) is 29.8. The van der Waals surface area contributed by atoms with Crippen molar-refractivity contribution in [1.29, 1.82) is 0 Å². The van der Waals surface area contributed by atoms with Crippen LogP contribution in [0, 0.1) is 35.0 Å². The Morgan fingerprint density at radius 2 is 1.74 bits per heavy atom. The molecule has 5 saturated carbocycles. The molecule has 192 valence electrons. The van der Waals surface area contributed by atoms with Crippen LogP contribution >= 0.6 is 0 Å². The zero-order chi connectivity index (χ0) is 24.7. The van der Waals surface area contributed by atoms with Crippen LogP contribution in [0.25, 0.3) is 0 Å². The van der Waals surface area contributed by atoms with Gasteiger partial charge in [-0.2, -0.15) is 0 Å². The Morgan fingerprint density at radius 3 is 2.31 bits per heavy atom. The van der Waals surface area contributed by atoms with Gasteiger partial charge in [0.15, 0.2) is 23.0 Å². The highest BCUT2D eigenvalue weighted by Gasteiger charge is 2.56. The third kappa shape index (κ3) is 5.07. The number of methoxy groups -OCH3 is 1. The Morgan fingerprint density at radius 1 is 1.11 bits per heavy atom. The molecule has 0 radical (unpaired) electrons. The first-order valence-corrected chi connectivity index (χ1v) is 13.3. The molecule has 5 aliphatic carbocycles. The van der Waals surface area contributed by atoms with Crippen LogP contribution in [-0.2, 0) is 14.3 Å². The van der Waals surface area contributed by atoms with Crippen LogP contribution in [0.15, 0.2) is 12.3 Å². The molecule has 0 amide bonds. The predicted octanol–water partition coefficient (Wildman–Crippen LogP) is 4.95. The molecule has 6 rings (SSSR count). The second kappa shape index (κ2) is 9.72. The van der Waals surface area contributed by atoms with Gasteiger partial charge in [-0.1, -0.05) is 6.92 Å². The number of Topliss-reactive ketones (excluding diaryl/α,β-unsaturated/α-hetero) is 1. The maximum atomic E-state index is 13.1. The number of aromatic nitrogens is 1. The van der Waals surface area contributed by atoms with E-state index in [1.165, 1.54) is 70.7 Å². The van der Waals surface area contributed by atoms with E-state index in [2.05, 4.69) is 4.98 Å². The molecule has 0 unspecified atom stereocenters. The van der Waals surface area contributed by atoms with Crippen LogP contribution in [0.3, 0.4) is 0 Å². The van der Waals surface area contributed by atoms with Gasteiger partial charge in [0, 0.05) is 30.7 Å². The Labute approximate surface area is 207 Å². The van der Waals surface area contributed by atoms with Crippen LogP contribution in [0.2, 0.25) is 0 Å². The lowest BCUT2D eigenvalue weighted by atomic mass is 9.47. The SMILES string of the molecule is COc1ccnc(C(=O)C[C@@H](C)C(=O)O[C@@H](C)[C@@H](OCC2CC2)C23CC4CC(CC(C4)C2)C3)c1O. The van der Waals surface area contributed by atoms with Crippen molar-refractivity contribution in [2.75, 3.05) is 13.7 Å². The fourth-order valence-corrected chi connectivity index (χ4v) is 7.48. The summed E-state index contributed by atoms with van der Waals surface area (Å²) in [5, 5.41) is 10.2. The number of esters is 1. The van der Waals surface area contributed by atoms with Crippen molar-refractivity contribution in [3.63, 3.8) is 0 Å². The number of carbonyl (C=O) groups excluding carboxylic acids is 2. The van der Waals surface area contributed by atoms with Crippen LogP contribution < -0.4 is 4.74 Å². The first-order valence-electron chi connectivity index (χ1n) is 13.3. The number of carbonyl (C=O) groups is 2. The van der Waals surface area contributed by atoms with E-state index in [4.69, 9.17) is 14.2 Å². The zero-order valence-electron chi connectivity index (χ0n) is 21.2. The van der Waals surface area contributed by atoms with E-state index in [1.807, 2.05) is 6.92 Å². The van der Waals surface area contributed by atoms with E-state index in [-0.39, 0.29) is 41.2 Å². The highest BCUT2D eigenvalue weighted by molar-refractivity contribution is 5.99. The normalized spacial score (nSPS) is 31.6. The van der Waals surface area contributed by atoms with Gasteiger partial charge in [-0.3, -0.25) is 9.59 Å². The summed E-state index contributed by atoms with van der Waals surface area (Å²) in [5.41, 5.74) is 0.0230. The minimum Gasteiger partial charge on any atom is -0.503 e. The van der Waals surface area contributed by atoms with Crippen molar-refractivity contribution in [2.24, 2.45) is 35.0 Å². The summed E-state index contributed by atoms with van der Waals surface area (Å²) in [5.74, 6) is 1.41. The number of pyridine rings is 1. The van der Waals surface area contributed by atoms with Gasteiger partial charge in [0.05, 0.1) is 19.1 Å². The minimum absolute atomic E-state index is 0.0868. The molecular formula is C28H39NO6. The molecule has 0 aliphatic heterocycles. The molecule has 5 fully saturated rings. The number of nitrogens with zero attached hydrogens (tertiary/aromatic N) is 1. The molecule has 0 spiro atoms. The summed E-state index contributed by atoms with van der Waals surface area (Å²) in [6, 6.07) is 1.48. The molecule has 1 aromatic rings. The first-order chi connectivity index (χ1) is 16.8. The summed E-state index contributed by atoms with van der Waals surface area (Å²) in [6.45, 7) is 4.41. The van der Waals surface area contributed by atoms with Gasteiger partial charge in [0.1, 0.15) is 6.10 Å². The molecule has 0 saturated heterocycles. The molecule has 5 aliphatic rings. The number of hydrogen-bond acceptors (Lipinski definition) is 7. The van der Waals surface area contributed by atoms with E-state index >= 15 is 0 Å². The van der Waals surface area contributed by atoms with Crippen LogP contribution in [0.1, 0.15) is 82.1 Å². The summed E-state index contributed by atoms with van der Waals surface area (Å²) < 4.78 is 17.7. The molecule has 4 bridgehead atoms. The minimum atomic E-state index is -0.655. The van der Waals surface area contributed by atoms with Crippen molar-refractivity contribution >= 4 is 11.8 Å². The second-order valence-electron chi connectivity index (χ2n) is 11.9. The van der Waals surface area contributed by atoms with E-state index < -0.39 is 17.7 Å². The van der Waals surface area contributed by atoms with E-state index in [9.17, 15) is 14.7 Å². The Hall–Kier alpha value is -2.15. The molecule has 7 nitrogen and oxygen atoms in total. The molecular weight excluding hydrogens is 446 g/mol. The van der Waals surface area contributed by atoms with Crippen molar-refractivity contribution in [1.82, 2.24) is 4.98 Å². The largest absolute Gasteiger partial charge is 0.503 e. The molecule has 0 aromatic carbocycles. The smallest absolute Gasteiger partial charge is 0.309 e. The van der Waals surface area contributed by atoms with E-state index in [0.717, 1.165) is 24.4 Å². The van der Waals surface area contributed by atoms with Crippen LogP contribution in [0.5, 0.6) is 11.5 Å². The number of aromatic hydroxyl groups is 1. The molecule has 1 N–H and O–H groups in total. The quantitative estimate of drug-likeness (QED) is 0.350. The average molecular weight is 486 g/mol. The lowest BCUT2D eigenvalue weighted by Crippen LogP contribution is -2.56. The highest BCUT2D eigenvalue weighted by Crippen LogP contribution is 2.62. The van der Waals surface area contributed by atoms with Gasteiger partial charge in [0.25, 0.3) is 0 Å². The zero-order valence-corrected chi connectivity index (χ0v) is 21.2. The van der Waals surface area contributed by atoms with Crippen molar-refractivity contribution < 1.29 is 28.9 Å². The van der Waals surface area contributed by atoms with Gasteiger partial charge in [0.2, 0.25) is 0 Å².